The summed E-state index contributed by atoms with van der Waals surface area (Å²) in [4.78, 5) is 25.2. The first-order chi connectivity index (χ1) is 12.8. The topological polar surface area (TPSA) is 64.6 Å². The van der Waals surface area contributed by atoms with E-state index < -0.39 is 18.1 Å². The van der Waals surface area contributed by atoms with Gasteiger partial charge in [0, 0.05) is 5.69 Å². The molecule has 1 aromatic rings. The zero-order valence-electron chi connectivity index (χ0n) is 16.8. The fourth-order valence-corrected chi connectivity index (χ4v) is 5.66. The van der Waals surface area contributed by atoms with Gasteiger partial charge in [0.15, 0.2) is 0 Å². The summed E-state index contributed by atoms with van der Waals surface area (Å²) in [6.07, 6.45) is 3.87. The summed E-state index contributed by atoms with van der Waals surface area (Å²) in [7, 11) is 1.42. The van der Waals surface area contributed by atoms with Crippen molar-refractivity contribution in [1.82, 2.24) is 0 Å². The summed E-state index contributed by atoms with van der Waals surface area (Å²) in [5.41, 5.74) is 0.636. The Kier molecular flexibility index (Phi) is 5.50. The Labute approximate surface area is 161 Å². The molecule has 2 saturated carbocycles. The van der Waals surface area contributed by atoms with Crippen LogP contribution in [0.1, 0.15) is 52.9 Å². The molecule has 4 atom stereocenters. The molecule has 0 spiro atoms. The number of fused-ring (bicyclic) bond motifs is 1. The minimum Gasteiger partial charge on any atom is -0.469 e. The first-order valence-electron chi connectivity index (χ1n) is 9.88. The summed E-state index contributed by atoms with van der Waals surface area (Å²) in [5, 5.41) is 2.75. The third kappa shape index (κ3) is 3.83. The minimum atomic E-state index is -0.516. The number of hydrogen-bond acceptors (Lipinski definition) is 4. The molecule has 0 radical (unpaired) electrons. The average Bonchev–Trinajstić information content (AvgIpc) is 2.61. The maximum Gasteiger partial charge on any atom is 0.411 e. The summed E-state index contributed by atoms with van der Waals surface area (Å²) < 4.78 is 10.9. The zero-order valence-corrected chi connectivity index (χ0v) is 16.8. The highest BCUT2D eigenvalue weighted by atomic mass is 16.6. The van der Waals surface area contributed by atoms with Gasteiger partial charge in [-0.1, -0.05) is 45.4 Å². The highest BCUT2D eigenvalue weighted by Crippen LogP contribution is 2.60. The Morgan fingerprint density at radius 2 is 1.78 bits per heavy atom. The van der Waals surface area contributed by atoms with Gasteiger partial charge < -0.3 is 9.47 Å². The maximum absolute atomic E-state index is 12.8. The Hall–Kier alpha value is -2.04. The minimum absolute atomic E-state index is 0.177. The standard InChI is InChI=1S/C22H31NO4/c1-21(2)13-8-14-22(3)17(21)12-11-16(18(22)19(24)26-4)27-20(25)23-15-9-6-5-7-10-15/h5-7,9-10,16-18H,8,11-14H2,1-4H3,(H,23,25)/t16-,17+,18-,22+/m1/s1. The summed E-state index contributed by atoms with van der Waals surface area (Å²) in [6.45, 7) is 6.78. The summed E-state index contributed by atoms with van der Waals surface area (Å²) >= 11 is 0. The molecule has 2 aliphatic carbocycles. The lowest BCUT2D eigenvalue weighted by atomic mass is 9.48. The Bertz CT molecular complexity index is 687. The van der Waals surface area contributed by atoms with Crippen molar-refractivity contribution in [2.24, 2.45) is 22.7 Å². The molecule has 2 aliphatic rings. The predicted molar refractivity (Wildman–Crippen MR) is 104 cm³/mol. The van der Waals surface area contributed by atoms with Crippen molar-refractivity contribution in [3.05, 3.63) is 30.3 Å². The molecule has 0 saturated heterocycles. The molecule has 0 aliphatic heterocycles. The van der Waals surface area contributed by atoms with E-state index in [1.165, 1.54) is 13.5 Å². The Morgan fingerprint density at radius 1 is 1.07 bits per heavy atom. The van der Waals surface area contributed by atoms with Gasteiger partial charge in [-0.25, -0.2) is 4.79 Å². The van der Waals surface area contributed by atoms with Gasteiger partial charge in [0.05, 0.1) is 13.0 Å². The molecule has 1 N–H and O–H groups in total. The number of nitrogens with one attached hydrogen (secondary N) is 1. The molecule has 0 unspecified atom stereocenters. The van der Waals surface area contributed by atoms with Crippen molar-refractivity contribution in [3.8, 4) is 0 Å². The molecule has 0 bridgehead atoms. The van der Waals surface area contributed by atoms with E-state index in [0.29, 0.717) is 18.0 Å². The third-order valence-electron chi connectivity index (χ3n) is 6.83. The van der Waals surface area contributed by atoms with E-state index >= 15 is 0 Å². The number of rotatable bonds is 3. The second-order valence-electron chi connectivity index (χ2n) is 8.91. The van der Waals surface area contributed by atoms with Crippen LogP contribution in [0, 0.1) is 22.7 Å². The molecule has 0 heterocycles. The summed E-state index contributed by atoms with van der Waals surface area (Å²) in [6, 6.07) is 9.20. The number of benzene rings is 1. The lowest BCUT2D eigenvalue weighted by molar-refractivity contribution is -0.175. The van der Waals surface area contributed by atoms with Crippen LogP contribution in [0.2, 0.25) is 0 Å². The van der Waals surface area contributed by atoms with Gasteiger partial charge in [-0.05, 0) is 54.6 Å². The number of para-hydroxylation sites is 1. The number of carbonyl (C=O) groups excluding carboxylic acids is 2. The van der Waals surface area contributed by atoms with Gasteiger partial charge in [0.1, 0.15) is 6.10 Å². The van der Waals surface area contributed by atoms with Crippen molar-refractivity contribution in [2.75, 3.05) is 12.4 Å². The van der Waals surface area contributed by atoms with E-state index in [0.717, 1.165) is 19.3 Å². The number of methoxy groups -OCH3 is 1. The van der Waals surface area contributed by atoms with Crippen LogP contribution >= 0.6 is 0 Å². The molecule has 5 heteroatoms. The quantitative estimate of drug-likeness (QED) is 0.756. The molecular weight excluding hydrogens is 342 g/mol. The zero-order chi connectivity index (χ0) is 19.7. The summed E-state index contributed by atoms with van der Waals surface area (Å²) in [5.74, 6) is -0.278. The molecule has 0 aromatic heterocycles. The van der Waals surface area contributed by atoms with E-state index in [2.05, 4.69) is 26.1 Å². The van der Waals surface area contributed by atoms with Crippen LogP contribution in [0.15, 0.2) is 30.3 Å². The van der Waals surface area contributed by atoms with Gasteiger partial charge in [-0.3, -0.25) is 10.1 Å². The van der Waals surface area contributed by atoms with E-state index in [1.54, 1.807) is 12.1 Å². The highest BCUT2D eigenvalue weighted by molar-refractivity contribution is 5.85. The number of amides is 1. The molecule has 2 fully saturated rings. The number of hydrogen-bond donors (Lipinski definition) is 1. The van der Waals surface area contributed by atoms with Crippen molar-refractivity contribution in [1.29, 1.82) is 0 Å². The number of esters is 1. The van der Waals surface area contributed by atoms with E-state index in [-0.39, 0.29) is 16.8 Å². The lowest BCUT2D eigenvalue weighted by Crippen LogP contribution is -2.56. The van der Waals surface area contributed by atoms with Crippen molar-refractivity contribution < 1.29 is 19.1 Å². The largest absolute Gasteiger partial charge is 0.469 e. The van der Waals surface area contributed by atoms with Crippen LogP contribution in [0.4, 0.5) is 10.5 Å². The van der Waals surface area contributed by atoms with Crippen molar-refractivity contribution >= 4 is 17.7 Å². The van der Waals surface area contributed by atoms with E-state index in [9.17, 15) is 9.59 Å². The number of ether oxygens (including phenoxy) is 2. The van der Waals surface area contributed by atoms with Crippen LogP contribution in [-0.2, 0) is 14.3 Å². The van der Waals surface area contributed by atoms with Crippen LogP contribution in [0.3, 0.4) is 0 Å². The number of carbonyl (C=O) groups is 2. The van der Waals surface area contributed by atoms with E-state index in [4.69, 9.17) is 9.47 Å². The Morgan fingerprint density at radius 3 is 2.44 bits per heavy atom. The van der Waals surface area contributed by atoms with Crippen LogP contribution in [0.5, 0.6) is 0 Å². The van der Waals surface area contributed by atoms with Crippen LogP contribution in [-0.4, -0.2) is 25.3 Å². The van der Waals surface area contributed by atoms with Gasteiger partial charge in [0.2, 0.25) is 0 Å². The van der Waals surface area contributed by atoms with Gasteiger partial charge >= 0.3 is 12.1 Å². The molecule has 27 heavy (non-hydrogen) atoms. The SMILES string of the molecule is COC(=O)[C@H]1[C@H](OC(=O)Nc2ccccc2)CC[C@H]2C(C)(C)CCC[C@]12C. The third-order valence-corrected chi connectivity index (χ3v) is 6.83. The Balaban J connectivity index is 1.80. The fraction of sp³-hybridized carbons (Fsp3) is 0.636. The first-order valence-corrected chi connectivity index (χ1v) is 9.88. The lowest BCUT2D eigenvalue weighted by Gasteiger charge is -2.57. The molecule has 5 nitrogen and oxygen atoms in total. The normalized spacial score (nSPS) is 32.1. The van der Waals surface area contributed by atoms with E-state index in [1.807, 2.05) is 18.2 Å². The molecular formula is C22H31NO4. The maximum atomic E-state index is 12.8. The van der Waals surface area contributed by atoms with Crippen molar-refractivity contribution in [2.45, 2.75) is 59.0 Å². The van der Waals surface area contributed by atoms with Crippen molar-refractivity contribution in [3.63, 3.8) is 0 Å². The molecule has 1 aromatic carbocycles. The molecule has 3 rings (SSSR count). The van der Waals surface area contributed by atoms with Gasteiger partial charge in [0.25, 0.3) is 0 Å². The predicted octanol–water partition coefficient (Wildman–Crippen LogP) is 5.02. The van der Waals surface area contributed by atoms with Gasteiger partial charge in [-0.15, -0.1) is 0 Å². The second-order valence-corrected chi connectivity index (χ2v) is 8.91. The fourth-order valence-electron chi connectivity index (χ4n) is 5.66. The molecule has 1 amide bonds. The second kappa shape index (κ2) is 7.53. The average molecular weight is 373 g/mol. The van der Waals surface area contributed by atoms with Crippen LogP contribution < -0.4 is 5.32 Å². The number of anilines is 1. The smallest absolute Gasteiger partial charge is 0.411 e. The van der Waals surface area contributed by atoms with Gasteiger partial charge in [-0.2, -0.15) is 0 Å². The monoisotopic (exact) mass is 373 g/mol. The first kappa shape index (κ1) is 19.7. The van der Waals surface area contributed by atoms with Crippen LogP contribution in [0.25, 0.3) is 0 Å². The highest BCUT2D eigenvalue weighted by Gasteiger charge is 2.58. The molecule has 148 valence electrons.